The minimum absolute atomic E-state index is 0.0471. The summed E-state index contributed by atoms with van der Waals surface area (Å²) in [4.78, 5) is 11.2. The van der Waals surface area contributed by atoms with Crippen LogP contribution in [0.2, 0.25) is 5.04 Å². The minimum Gasteiger partial charge on any atom is -0.401 e. The highest BCUT2D eigenvalue weighted by atomic mass is 28.4. The first-order valence-corrected chi connectivity index (χ1v) is 17.6. The van der Waals surface area contributed by atoms with Gasteiger partial charge in [-0.2, -0.15) is 0 Å². The fourth-order valence-electron chi connectivity index (χ4n) is 6.64. The standard InChI is InChI=1S/C35H46BN3O3Si/c1-24(2)30-31-28(37-32(30)36-41-34(6,7)35(8,9)42-36)20-21-29(38-31)39-22-25(23-39)40-43(33(3,4)5,26-16-12-10-13-17-26)27-18-14-11-15-19-27/h10-21,24-25,37H,22-23H2,1-9H3. The van der Waals surface area contributed by atoms with Gasteiger partial charge in [0.2, 0.25) is 0 Å². The quantitative estimate of drug-likeness (QED) is 0.276. The van der Waals surface area contributed by atoms with Crippen molar-refractivity contribution < 1.29 is 13.7 Å². The maximum absolute atomic E-state index is 7.35. The fraction of sp³-hybridized carbons (Fsp3) is 0.457. The normalized spacial score (nSPS) is 18.9. The molecule has 1 N–H and O–H groups in total. The smallest absolute Gasteiger partial charge is 0.401 e. The maximum atomic E-state index is 7.35. The number of fused-ring (bicyclic) bond motifs is 1. The number of H-pyrrole nitrogens is 1. The lowest BCUT2D eigenvalue weighted by molar-refractivity contribution is 0.00578. The zero-order chi connectivity index (χ0) is 30.8. The van der Waals surface area contributed by atoms with E-state index in [1.165, 1.54) is 10.4 Å². The topological polar surface area (TPSA) is 59.6 Å². The molecule has 2 aliphatic heterocycles. The molecule has 43 heavy (non-hydrogen) atoms. The Bertz CT molecular complexity index is 1540. The molecule has 0 radical (unpaired) electrons. The van der Waals surface area contributed by atoms with Gasteiger partial charge in [0.1, 0.15) is 5.82 Å². The van der Waals surface area contributed by atoms with E-state index >= 15 is 0 Å². The third kappa shape index (κ3) is 5.06. The summed E-state index contributed by atoms with van der Waals surface area (Å²) in [7, 11) is -3.05. The van der Waals surface area contributed by atoms with Crippen LogP contribution in [0.5, 0.6) is 0 Å². The Morgan fingerprint density at radius 2 is 1.42 bits per heavy atom. The largest absolute Gasteiger partial charge is 0.512 e. The highest BCUT2D eigenvalue weighted by Crippen LogP contribution is 2.40. The first-order valence-electron chi connectivity index (χ1n) is 15.7. The molecule has 0 saturated carbocycles. The number of anilines is 1. The van der Waals surface area contributed by atoms with Crippen LogP contribution in [0.1, 0.15) is 73.8 Å². The Balaban J connectivity index is 1.29. The third-order valence-corrected chi connectivity index (χ3v) is 14.8. The van der Waals surface area contributed by atoms with E-state index in [2.05, 4.69) is 145 Å². The van der Waals surface area contributed by atoms with Crippen molar-refractivity contribution in [2.24, 2.45) is 0 Å². The number of benzene rings is 2. The summed E-state index contributed by atoms with van der Waals surface area (Å²) < 4.78 is 20.2. The van der Waals surface area contributed by atoms with Crippen LogP contribution in [-0.4, -0.2) is 55.8 Å². The average Bonchev–Trinajstić information content (AvgIpc) is 3.41. The fourth-order valence-corrected chi connectivity index (χ4v) is 11.3. The highest BCUT2D eigenvalue weighted by molar-refractivity contribution is 6.99. The van der Waals surface area contributed by atoms with Crippen molar-refractivity contribution in [3.63, 3.8) is 0 Å². The first kappa shape index (κ1) is 30.1. The minimum atomic E-state index is -2.60. The van der Waals surface area contributed by atoms with Gasteiger partial charge in [-0.05, 0) is 66.7 Å². The molecular formula is C35H46BN3O3Si. The SMILES string of the molecule is CC(C)c1c(B2OC(C)(C)C(C)(C)O2)[nH]c2ccc(N3CC(O[Si](c4ccccc4)(c4ccccc4)C(C)(C)C)C3)nc12. The Labute approximate surface area is 258 Å². The zero-order valence-corrected chi connectivity index (χ0v) is 28.2. The van der Waals surface area contributed by atoms with Crippen LogP contribution in [-0.2, 0) is 13.7 Å². The number of hydrogen-bond acceptors (Lipinski definition) is 5. The van der Waals surface area contributed by atoms with E-state index < -0.39 is 26.6 Å². The molecule has 226 valence electrons. The Kier molecular flexibility index (Phi) is 7.44. The van der Waals surface area contributed by atoms with Crippen LogP contribution < -0.4 is 20.9 Å². The van der Waals surface area contributed by atoms with Crippen LogP contribution in [0.15, 0.2) is 72.8 Å². The van der Waals surface area contributed by atoms with Crippen molar-refractivity contribution in [3.8, 4) is 0 Å². The van der Waals surface area contributed by atoms with Gasteiger partial charge in [0.05, 0.1) is 33.9 Å². The molecule has 6 nitrogen and oxygen atoms in total. The van der Waals surface area contributed by atoms with Gasteiger partial charge >= 0.3 is 7.12 Å². The number of hydrogen-bond donors (Lipinski definition) is 1. The van der Waals surface area contributed by atoms with Gasteiger partial charge in [0, 0.05) is 13.1 Å². The van der Waals surface area contributed by atoms with Crippen molar-refractivity contribution in [2.75, 3.05) is 18.0 Å². The van der Waals surface area contributed by atoms with E-state index in [1.807, 2.05) is 0 Å². The lowest BCUT2D eigenvalue weighted by Gasteiger charge is -2.50. The van der Waals surface area contributed by atoms with Gasteiger partial charge in [-0.1, -0.05) is 95.3 Å². The van der Waals surface area contributed by atoms with Crippen LogP contribution >= 0.6 is 0 Å². The van der Waals surface area contributed by atoms with Gasteiger partial charge in [0.15, 0.2) is 0 Å². The summed E-state index contributed by atoms with van der Waals surface area (Å²) in [5.41, 5.74) is 3.34. The van der Waals surface area contributed by atoms with E-state index in [1.54, 1.807) is 0 Å². The summed E-state index contributed by atoms with van der Waals surface area (Å²) >= 11 is 0. The van der Waals surface area contributed by atoms with E-state index in [9.17, 15) is 0 Å². The Hall–Kier alpha value is -2.91. The number of rotatable bonds is 7. The highest BCUT2D eigenvalue weighted by Gasteiger charge is 2.54. The van der Waals surface area contributed by atoms with Crippen molar-refractivity contribution in [2.45, 2.75) is 90.6 Å². The molecule has 2 saturated heterocycles. The van der Waals surface area contributed by atoms with E-state index in [-0.39, 0.29) is 17.1 Å². The molecule has 0 amide bonds. The second-order valence-corrected chi connectivity index (χ2v) is 18.8. The molecule has 2 aromatic carbocycles. The molecule has 0 unspecified atom stereocenters. The lowest BCUT2D eigenvalue weighted by atomic mass is 9.79. The van der Waals surface area contributed by atoms with Gasteiger partial charge < -0.3 is 23.6 Å². The van der Waals surface area contributed by atoms with Crippen LogP contribution in [0.25, 0.3) is 11.0 Å². The molecule has 0 bridgehead atoms. The van der Waals surface area contributed by atoms with Gasteiger partial charge in [-0.25, -0.2) is 4.98 Å². The second kappa shape index (κ2) is 10.6. The molecular weight excluding hydrogens is 549 g/mol. The number of aromatic amines is 1. The van der Waals surface area contributed by atoms with Crippen molar-refractivity contribution in [1.82, 2.24) is 9.97 Å². The summed E-state index contributed by atoms with van der Waals surface area (Å²) in [5.74, 6) is 1.24. The number of nitrogens with zero attached hydrogens (tertiary/aromatic N) is 2. The number of nitrogens with one attached hydrogen (secondary N) is 1. The third-order valence-electron chi connectivity index (χ3n) is 9.69. The average molecular weight is 596 g/mol. The molecule has 2 aliphatic rings. The van der Waals surface area contributed by atoms with Crippen molar-refractivity contribution in [3.05, 3.63) is 78.4 Å². The van der Waals surface area contributed by atoms with Gasteiger partial charge in [-0.3, -0.25) is 0 Å². The van der Waals surface area contributed by atoms with Crippen LogP contribution in [0.3, 0.4) is 0 Å². The molecule has 8 heteroatoms. The molecule has 0 spiro atoms. The molecule has 6 rings (SSSR count). The Morgan fingerprint density at radius 1 is 0.884 bits per heavy atom. The van der Waals surface area contributed by atoms with E-state index in [0.717, 1.165) is 41.1 Å². The monoisotopic (exact) mass is 595 g/mol. The lowest BCUT2D eigenvalue weighted by Crippen LogP contribution is -2.70. The Morgan fingerprint density at radius 3 is 1.91 bits per heavy atom. The second-order valence-electron chi connectivity index (χ2n) is 14.6. The molecule has 4 aromatic rings. The molecule has 2 aromatic heterocycles. The predicted octanol–water partition coefficient (Wildman–Crippen LogP) is 5.75. The molecule has 0 aliphatic carbocycles. The summed E-state index contributed by atoms with van der Waals surface area (Å²) in [6.45, 7) is 21.4. The number of aromatic nitrogens is 2. The first-order chi connectivity index (χ1) is 20.2. The van der Waals surface area contributed by atoms with Gasteiger partial charge in [-0.15, -0.1) is 0 Å². The van der Waals surface area contributed by atoms with Crippen LogP contribution in [0, 0.1) is 0 Å². The molecule has 2 fully saturated rings. The zero-order valence-electron chi connectivity index (χ0n) is 27.2. The summed E-state index contributed by atoms with van der Waals surface area (Å²) in [6.07, 6.45) is 0.125. The summed E-state index contributed by atoms with van der Waals surface area (Å²) in [5, 5.41) is 2.58. The maximum Gasteiger partial charge on any atom is 0.512 e. The van der Waals surface area contributed by atoms with E-state index in [0.29, 0.717) is 0 Å². The predicted molar refractivity (Wildman–Crippen MR) is 181 cm³/mol. The molecule has 0 atom stereocenters. The molecule has 4 heterocycles. The van der Waals surface area contributed by atoms with Crippen LogP contribution in [0.4, 0.5) is 5.82 Å². The van der Waals surface area contributed by atoms with E-state index in [4.69, 9.17) is 18.7 Å². The van der Waals surface area contributed by atoms with Crippen molar-refractivity contribution >= 4 is 48.3 Å². The summed E-state index contributed by atoms with van der Waals surface area (Å²) in [6, 6.07) is 26.0. The number of pyridine rings is 1. The van der Waals surface area contributed by atoms with Gasteiger partial charge in [0.25, 0.3) is 8.32 Å². The van der Waals surface area contributed by atoms with Crippen molar-refractivity contribution in [1.29, 1.82) is 0 Å².